The van der Waals surface area contributed by atoms with E-state index in [0.717, 1.165) is 5.56 Å². The summed E-state index contributed by atoms with van der Waals surface area (Å²) in [6, 6.07) is 3.64. The number of aromatic nitrogens is 3. The highest BCUT2D eigenvalue weighted by Gasteiger charge is 2.15. The van der Waals surface area contributed by atoms with Crippen LogP contribution in [0.1, 0.15) is 16.2 Å². The summed E-state index contributed by atoms with van der Waals surface area (Å²) in [7, 11) is 1.34. The molecule has 0 aromatic carbocycles. The van der Waals surface area contributed by atoms with Gasteiger partial charge in [-0.2, -0.15) is 0 Å². The summed E-state index contributed by atoms with van der Waals surface area (Å²) < 4.78 is 4.63. The summed E-state index contributed by atoms with van der Waals surface area (Å²) in [5, 5.41) is 0. The number of nitrogens with zero attached hydrogens (tertiary/aromatic N) is 2. The smallest absolute Gasteiger partial charge is 0.358 e. The van der Waals surface area contributed by atoms with Crippen molar-refractivity contribution < 1.29 is 9.53 Å². The fraction of sp³-hybridized carbons (Fsp3) is 0.182. The van der Waals surface area contributed by atoms with E-state index in [0.29, 0.717) is 17.2 Å². The molecule has 82 valence electrons. The van der Waals surface area contributed by atoms with E-state index < -0.39 is 5.97 Å². The molecule has 0 amide bonds. The number of hydrogen-bond donors (Lipinski definition) is 1. The summed E-state index contributed by atoms with van der Waals surface area (Å²) in [5.74, 6) is 0.203. The Bertz CT molecular complexity index is 505. The summed E-state index contributed by atoms with van der Waals surface area (Å²) in [6.07, 6.45) is 3.34. The summed E-state index contributed by atoms with van der Waals surface area (Å²) in [6.45, 7) is 1.78. The third-order valence-electron chi connectivity index (χ3n) is 2.22. The van der Waals surface area contributed by atoms with Crippen LogP contribution in [0.5, 0.6) is 0 Å². The number of methoxy groups -OCH3 is 1. The van der Waals surface area contributed by atoms with Gasteiger partial charge >= 0.3 is 5.97 Å². The van der Waals surface area contributed by atoms with Crippen molar-refractivity contribution in [3.05, 3.63) is 35.9 Å². The Morgan fingerprint density at radius 2 is 2.06 bits per heavy atom. The highest BCUT2D eigenvalue weighted by Crippen LogP contribution is 2.17. The van der Waals surface area contributed by atoms with Crippen LogP contribution in [0.25, 0.3) is 11.4 Å². The normalized spacial score (nSPS) is 10.1. The maximum atomic E-state index is 11.4. The van der Waals surface area contributed by atoms with Crippen molar-refractivity contribution in [2.75, 3.05) is 7.11 Å². The number of carbonyl (C=O) groups excluding carboxylic acids is 1. The maximum Gasteiger partial charge on any atom is 0.358 e. The SMILES string of the molecule is COC(=O)c1nc(-c2ccncc2)[nH]c1C. The lowest BCUT2D eigenvalue weighted by Gasteiger charge is -1.94. The number of rotatable bonds is 2. The Labute approximate surface area is 92.5 Å². The van der Waals surface area contributed by atoms with E-state index in [1.54, 1.807) is 19.3 Å². The zero-order valence-electron chi connectivity index (χ0n) is 9.02. The van der Waals surface area contributed by atoms with Crippen LogP contribution in [-0.2, 0) is 4.74 Å². The van der Waals surface area contributed by atoms with Crippen molar-refractivity contribution >= 4 is 5.97 Å². The van der Waals surface area contributed by atoms with E-state index >= 15 is 0 Å². The molecule has 0 aliphatic rings. The number of pyridine rings is 1. The molecule has 1 N–H and O–H groups in total. The number of aryl methyl sites for hydroxylation is 1. The summed E-state index contributed by atoms with van der Waals surface area (Å²) in [4.78, 5) is 22.5. The van der Waals surface area contributed by atoms with Gasteiger partial charge in [-0.05, 0) is 19.1 Å². The molecular weight excluding hydrogens is 206 g/mol. The van der Waals surface area contributed by atoms with E-state index in [2.05, 4.69) is 19.7 Å². The third-order valence-corrected chi connectivity index (χ3v) is 2.22. The molecule has 2 rings (SSSR count). The Kier molecular flexibility index (Phi) is 2.68. The van der Waals surface area contributed by atoms with Crippen LogP contribution in [0.2, 0.25) is 0 Å². The lowest BCUT2D eigenvalue weighted by molar-refractivity contribution is 0.0594. The Hall–Kier alpha value is -2.17. The molecule has 0 spiro atoms. The van der Waals surface area contributed by atoms with Gasteiger partial charge < -0.3 is 9.72 Å². The Balaban J connectivity index is 2.42. The molecule has 0 saturated carbocycles. The quantitative estimate of drug-likeness (QED) is 0.775. The number of nitrogens with one attached hydrogen (secondary N) is 1. The minimum Gasteiger partial charge on any atom is -0.464 e. The average molecular weight is 217 g/mol. The second kappa shape index (κ2) is 4.14. The summed E-state index contributed by atoms with van der Waals surface area (Å²) >= 11 is 0. The number of aromatic amines is 1. The molecule has 0 aliphatic carbocycles. The third kappa shape index (κ3) is 1.79. The van der Waals surface area contributed by atoms with Crippen molar-refractivity contribution in [3.8, 4) is 11.4 Å². The first-order chi connectivity index (χ1) is 7.72. The Morgan fingerprint density at radius 1 is 1.38 bits per heavy atom. The second-order valence-electron chi connectivity index (χ2n) is 3.29. The van der Waals surface area contributed by atoms with Gasteiger partial charge in [-0.15, -0.1) is 0 Å². The van der Waals surface area contributed by atoms with Gasteiger partial charge in [0.2, 0.25) is 0 Å². The molecule has 2 aromatic heterocycles. The molecule has 0 unspecified atom stereocenters. The van der Waals surface area contributed by atoms with Gasteiger partial charge in [-0.25, -0.2) is 9.78 Å². The maximum absolute atomic E-state index is 11.4. The zero-order valence-corrected chi connectivity index (χ0v) is 9.02. The van der Waals surface area contributed by atoms with Crippen molar-refractivity contribution in [1.82, 2.24) is 15.0 Å². The number of carbonyl (C=O) groups is 1. The number of hydrogen-bond acceptors (Lipinski definition) is 4. The molecule has 5 heteroatoms. The first kappa shape index (κ1) is 10.4. The van der Waals surface area contributed by atoms with Gasteiger partial charge in [-0.1, -0.05) is 0 Å². The monoisotopic (exact) mass is 217 g/mol. The fourth-order valence-corrected chi connectivity index (χ4v) is 1.40. The summed E-state index contributed by atoms with van der Waals surface area (Å²) in [5.41, 5.74) is 1.89. The van der Waals surface area contributed by atoms with Gasteiger partial charge in [-0.3, -0.25) is 4.98 Å². The largest absolute Gasteiger partial charge is 0.464 e. The highest BCUT2D eigenvalue weighted by molar-refractivity contribution is 5.89. The molecule has 0 atom stereocenters. The minimum absolute atomic E-state index is 0.314. The first-order valence-electron chi connectivity index (χ1n) is 4.77. The lowest BCUT2D eigenvalue weighted by Crippen LogP contribution is -2.03. The topological polar surface area (TPSA) is 67.9 Å². The van der Waals surface area contributed by atoms with Gasteiger partial charge in [0.1, 0.15) is 5.82 Å². The fourth-order valence-electron chi connectivity index (χ4n) is 1.40. The molecule has 0 radical (unpaired) electrons. The molecule has 0 aliphatic heterocycles. The van der Waals surface area contributed by atoms with E-state index in [1.807, 2.05) is 12.1 Å². The number of H-pyrrole nitrogens is 1. The molecule has 2 heterocycles. The highest BCUT2D eigenvalue weighted by atomic mass is 16.5. The zero-order chi connectivity index (χ0) is 11.5. The number of imidazole rings is 1. The van der Waals surface area contributed by atoms with E-state index in [9.17, 15) is 4.79 Å². The number of ether oxygens (including phenoxy) is 1. The van der Waals surface area contributed by atoms with Crippen LogP contribution in [0.4, 0.5) is 0 Å². The van der Waals surface area contributed by atoms with Crippen LogP contribution in [-0.4, -0.2) is 28.0 Å². The molecule has 0 bridgehead atoms. The van der Waals surface area contributed by atoms with Crippen molar-refractivity contribution in [3.63, 3.8) is 0 Å². The number of esters is 1. The van der Waals surface area contributed by atoms with Crippen LogP contribution >= 0.6 is 0 Å². The predicted octanol–water partition coefficient (Wildman–Crippen LogP) is 1.57. The molecule has 16 heavy (non-hydrogen) atoms. The lowest BCUT2D eigenvalue weighted by atomic mass is 10.2. The van der Waals surface area contributed by atoms with Crippen LogP contribution in [0, 0.1) is 6.92 Å². The van der Waals surface area contributed by atoms with Crippen molar-refractivity contribution in [1.29, 1.82) is 0 Å². The molecular formula is C11H11N3O2. The van der Waals surface area contributed by atoms with Gasteiger partial charge in [0, 0.05) is 23.7 Å². The van der Waals surface area contributed by atoms with Crippen molar-refractivity contribution in [2.24, 2.45) is 0 Å². The van der Waals surface area contributed by atoms with Gasteiger partial charge in [0.05, 0.1) is 7.11 Å². The first-order valence-corrected chi connectivity index (χ1v) is 4.77. The van der Waals surface area contributed by atoms with Crippen LogP contribution in [0.3, 0.4) is 0 Å². The Morgan fingerprint density at radius 3 is 2.69 bits per heavy atom. The van der Waals surface area contributed by atoms with Gasteiger partial charge in [0.15, 0.2) is 5.69 Å². The molecule has 2 aromatic rings. The molecule has 0 saturated heterocycles. The van der Waals surface area contributed by atoms with E-state index in [1.165, 1.54) is 7.11 Å². The van der Waals surface area contributed by atoms with Gasteiger partial charge in [0.25, 0.3) is 0 Å². The minimum atomic E-state index is -0.436. The average Bonchev–Trinajstić information content (AvgIpc) is 2.71. The van der Waals surface area contributed by atoms with E-state index in [4.69, 9.17) is 0 Å². The predicted molar refractivity (Wildman–Crippen MR) is 57.9 cm³/mol. The second-order valence-corrected chi connectivity index (χ2v) is 3.29. The van der Waals surface area contributed by atoms with E-state index in [-0.39, 0.29) is 0 Å². The van der Waals surface area contributed by atoms with Crippen LogP contribution < -0.4 is 0 Å². The molecule has 5 nitrogen and oxygen atoms in total. The molecule has 0 fully saturated rings. The van der Waals surface area contributed by atoms with Crippen LogP contribution in [0.15, 0.2) is 24.5 Å². The van der Waals surface area contributed by atoms with Crippen molar-refractivity contribution in [2.45, 2.75) is 6.92 Å². The standard InChI is InChI=1S/C11H11N3O2/c1-7-9(11(15)16-2)14-10(13-7)8-3-5-12-6-4-8/h3-6H,1-2H3,(H,13,14).